The van der Waals surface area contributed by atoms with Crippen LogP contribution in [0.3, 0.4) is 0 Å². The molecule has 0 atom stereocenters. The number of hydrogen-bond acceptors (Lipinski definition) is 1. The van der Waals surface area contributed by atoms with Crippen LogP contribution in [0.25, 0.3) is 0 Å². The van der Waals surface area contributed by atoms with Gasteiger partial charge >= 0.3 is 0 Å². The molecule has 0 saturated carbocycles. The molecular weight excluding hydrogens is 190 g/mol. The Morgan fingerprint density at radius 2 is 2.00 bits per heavy atom. The molecule has 1 aromatic rings. The van der Waals surface area contributed by atoms with Crippen molar-refractivity contribution in [3.05, 3.63) is 27.5 Å². The van der Waals surface area contributed by atoms with Crippen molar-refractivity contribution in [1.29, 1.82) is 0 Å². The molecule has 0 amide bonds. The lowest BCUT2D eigenvalue weighted by atomic mass is 10.2. The average Bonchev–Trinajstić information content (AvgIpc) is 1.97. The van der Waals surface area contributed by atoms with Crippen LogP contribution in [-0.4, -0.2) is 5.11 Å². The summed E-state index contributed by atoms with van der Waals surface area (Å²) in [6, 6.07) is 1.08. The van der Waals surface area contributed by atoms with Gasteiger partial charge in [-0.2, -0.15) is 0 Å². The highest BCUT2D eigenvalue weighted by molar-refractivity contribution is 6.42. The van der Waals surface area contributed by atoms with Gasteiger partial charge in [-0.05, 0) is 6.92 Å². The molecular formula is C7H5Cl2FO. The molecule has 1 rings (SSSR count). The van der Waals surface area contributed by atoms with Crippen LogP contribution < -0.4 is 0 Å². The highest BCUT2D eigenvalue weighted by Crippen LogP contribution is 2.32. The molecule has 0 aliphatic rings. The van der Waals surface area contributed by atoms with Gasteiger partial charge in [-0.25, -0.2) is 4.39 Å². The van der Waals surface area contributed by atoms with Gasteiger partial charge < -0.3 is 5.11 Å². The first-order valence-corrected chi connectivity index (χ1v) is 3.62. The fourth-order valence-corrected chi connectivity index (χ4v) is 1.10. The summed E-state index contributed by atoms with van der Waals surface area (Å²) in [7, 11) is 0. The van der Waals surface area contributed by atoms with Crippen molar-refractivity contribution in [2.24, 2.45) is 0 Å². The number of hydrogen-bond donors (Lipinski definition) is 1. The number of phenolic OH excluding ortho intramolecular Hbond substituents is 1. The highest BCUT2D eigenvalue weighted by Gasteiger charge is 2.11. The zero-order chi connectivity index (χ0) is 8.59. The fourth-order valence-electron chi connectivity index (χ4n) is 0.714. The normalized spacial score (nSPS) is 10.2. The molecule has 0 spiro atoms. The minimum absolute atomic E-state index is 0.141. The molecule has 0 fully saturated rings. The first-order valence-electron chi connectivity index (χ1n) is 2.87. The van der Waals surface area contributed by atoms with Gasteiger partial charge in [0, 0.05) is 11.6 Å². The lowest BCUT2D eigenvalue weighted by Gasteiger charge is -2.03. The molecule has 0 bridgehead atoms. The Bertz CT molecular complexity index is 273. The molecule has 0 aliphatic carbocycles. The van der Waals surface area contributed by atoms with Crippen molar-refractivity contribution in [2.45, 2.75) is 6.92 Å². The molecule has 0 unspecified atom stereocenters. The minimum Gasteiger partial charge on any atom is -0.505 e. The van der Waals surface area contributed by atoms with Crippen molar-refractivity contribution >= 4 is 23.2 Å². The molecule has 0 aromatic heterocycles. The minimum atomic E-state index is -0.723. The third kappa shape index (κ3) is 1.42. The number of halogens is 3. The fraction of sp³-hybridized carbons (Fsp3) is 0.143. The van der Waals surface area contributed by atoms with E-state index < -0.39 is 11.6 Å². The van der Waals surface area contributed by atoms with Gasteiger partial charge in [0.1, 0.15) is 0 Å². The summed E-state index contributed by atoms with van der Waals surface area (Å²) in [5, 5.41) is 9.18. The first kappa shape index (κ1) is 8.62. The summed E-state index contributed by atoms with van der Waals surface area (Å²) in [6.07, 6.45) is 0. The first-order chi connectivity index (χ1) is 5.04. The topological polar surface area (TPSA) is 20.2 Å². The van der Waals surface area contributed by atoms with Crippen LogP contribution >= 0.6 is 23.2 Å². The van der Waals surface area contributed by atoms with Gasteiger partial charge in [0.15, 0.2) is 11.6 Å². The smallest absolute Gasteiger partial charge is 0.169 e. The Morgan fingerprint density at radius 1 is 1.45 bits per heavy atom. The van der Waals surface area contributed by atoms with Gasteiger partial charge in [0.05, 0.1) is 10.0 Å². The Hall–Kier alpha value is -0.470. The molecule has 0 aliphatic heterocycles. The van der Waals surface area contributed by atoms with Crippen molar-refractivity contribution < 1.29 is 9.50 Å². The van der Waals surface area contributed by atoms with E-state index in [1.165, 1.54) is 6.92 Å². The van der Waals surface area contributed by atoms with E-state index in [0.29, 0.717) is 0 Å². The third-order valence-electron chi connectivity index (χ3n) is 1.36. The maximum Gasteiger partial charge on any atom is 0.169 e. The molecule has 1 N–H and O–H groups in total. The summed E-state index contributed by atoms with van der Waals surface area (Å²) in [5.41, 5.74) is 0.164. The number of aromatic hydroxyl groups is 1. The molecule has 0 radical (unpaired) electrons. The van der Waals surface area contributed by atoms with Gasteiger partial charge in [-0.3, -0.25) is 0 Å². The molecule has 0 saturated heterocycles. The largest absolute Gasteiger partial charge is 0.505 e. The summed E-state index contributed by atoms with van der Waals surface area (Å²) in [6.45, 7) is 1.45. The second-order valence-electron chi connectivity index (χ2n) is 2.13. The summed E-state index contributed by atoms with van der Waals surface area (Å²) >= 11 is 11.1. The van der Waals surface area contributed by atoms with Crippen LogP contribution in [0, 0.1) is 12.7 Å². The van der Waals surface area contributed by atoms with E-state index in [1.54, 1.807) is 0 Å². The molecule has 1 aromatic carbocycles. The Labute approximate surface area is 73.4 Å². The van der Waals surface area contributed by atoms with Crippen molar-refractivity contribution in [3.8, 4) is 5.75 Å². The zero-order valence-corrected chi connectivity index (χ0v) is 7.17. The monoisotopic (exact) mass is 194 g/mol. The average molecular weight is 195 g/mol. The predicted octanol–water partition coefficient (Wildman–Crippen LogP) is 3.15. The van der Waals surface area contributed by atoms with Crippen molar-refractivity contribution in [2.75, 3.05) is 0 Å². The van der Waals surface area contributed by atoms with Crippen LogP contribution in [0.15, 0.2) is 6.07 Å². The molecule has 0 heterocycles. The summed E-state index contributed by atoms with van der Waals surface area (Å²) in [5.74, 6) is -1.20. The van der Waals surface area contributed by atoms with Crippen LogP contribution in [0.2, 0.25) is 10.0 Å². The summed E-state index contributed by atoms with van der Waals surface area (Å²) in [4.78, 5) is 0. The maximum atomic E-state index is 12.8. The lowest BCUT2D eigenvalue weighted by Crippen LogP contribution is -1.85. The van der Waals surface area contributed by atoms with Gasteiger partial charge in [-0.15, -0.1) is 0 Å². The van der Waals surface area contributed by atoms with Crippen molar-refractivity contribution in [3.63, 3.8) is 0 Å². The SMILES string of the molecule is Cc1c(F)c(O)cc(Cl)c1Cl. The van der Waals surface area contributed by atoms with Gasteiger partial charge in [0.25, 0.3) is 0 Å². The summed E-state index contributed by atoms with van der Waals surface area (Å²) < 4.78 is 12.8. The molecule has 4 heteroatoms. The van der Waals surface area contributed by atoms with Crippen molar-refractivity contribution in [1.82, 2.24) is 0 Å². The molecule has 60 valence electrons. The third-order valence-corrected chi connectivity index (χ3v) is 2.24. The molecule has 1 nitrogen and oxygen atoms in total. The van der Waals surface area contributed by atoms with E-state index in [-0.39, 0.29) is 15.6 Å². The number of benzene rings is 1. The van der Waals surface area contributed by atoms with E-state index in [9.17, 15) is 4.39 Å². The van der Waals surface area contributed by atoms with E-state index in [0.717, 1.165) is 6.07 Å². The van der Waals surface area contributed by atoms with E-state index in [1.807, 2.05) is 0 Å². The second kappa shape index (κ2) is 2.88. The maximum absolute atomic E-state index is 12.8. The van der Waals surface area contributed by atoms with E-state index in [2.05, 4.69) is 0 Å². The lowest BCUT2D eigenvalue weighted by molar-refractivity contribution is 0.430. The molecule has 11 heavy (non-hydrogen) atoms. The Balaban J connectivity index is 3.46. The predicted molar refractivity (Wildman–Crippen MR) is 42.8 cm³/mol. The quantitative estimate of drug-likeness (QED) is 0.630. The van der Waals surface area contributed by atoms with Gasteiger partial charge in [-0.1, -0.05) is 23.2 Å². The number of rotatable bonds is 0. The van der Waals surface area contributed by atoms with Crippen LogP contribution in [0.1, 0.15) is 5.56 Å². The second-order valence-corrected chi connectivity index (χ2v) is 2.92. The van der Waals surface area contributed by atoms with Crippen LogP contribution in [-0.2, 0) is 0 Å². The van der Waals surface area contributed by atoms with E-state index in [4.69, 9.17) is 28.3 Å². The highest BCUT2D eigenvalue weighted by atomic mass is 35.5. The zero-order valence-electron chi connectivity index (χ0n) is 5.66. The Morgan fingerprint density at radius 3 is 2.55 bits per heavy atom. The number of phenols is 1. The van der Waals surface area contributed by atoms with Crippen LogP contribution in [0.5, 0.6) is 5.75 Å². The standard InChI is InChI=1S/C7H5Cl2FO/c1-3-6(9)4(8)2-5(11)7(3)10/h2,11H,1H3. The Kier molecular flexibility index (Phi) is 2.25. The van der Waals surface area contributed by atoms with Gasteiger partial charge in [0.2, 0.25) is 0 Å². The van der Waals surface area contributed by atoms with Crippen LogP contribution in [0.4, 0.5) is 4.39 Å². The van der Waals surface area contributed by atoms with E-state index >= 15 is 0 Å².